The van der Waals surface area contributed by atoms with E-state index in [4.69, 9.17) is 0 Å². The smallest absolute Gasteiger partial charge is 0.282 e. The molecule has 1 fully saturated rings. The molecular weight excluding hydrogens is 450 g/mol. The summed E-state index contributed by atoms with van der Waals surface area (Å²) in [7, 11) is -2.28. The third kappa shape index (κ3) is 4.24. The van der Waals surface area contributed by atoms with Crippen LogP contribution in [-0.4, -0.2) is 33.5 Å². The van der Waals surface area contributed by atoms with E-state index in [9.17, 15) is 13.2 Å². The summed E-state index contributed by atoms with van der Waals surface area (Å²) in [5.41, 5.74) is 0.236. The van der Waals surface area contributed by atoms with Gasteiger partial charge in [-0.2, -0.15) is 9.40 Å². The minimum absolute atomic E-state index is 0.0371. The quantitative estimate of drug-likeness (QED) is 0.610. The van der Waals surface area contributed by atoms with Gasteiger partial charge in [-0.1, -0.05) is 37.3 Å². The normalized spacial score (nSPS) is 21.7. The fraction of sp³-hybridized carbons (Fsp3) is 0.391. The van der Waals surface area contributed by atoms with Gasteiger partial charge in [0.1, 0.15) is 22.7 Å². The number of H-pyrrole nitrogens is 1. The molecule has 1 unspecified atom stereocenters. The first-order valence-electron chi connectivity index (χ1n) is 10.8. The second-order valence-corrected chi connectivity index (χ2v) is 10.6. The monoisotopic (exact) mass is 476 g/mol. The Kier molecular flexibility index (Phi) is 6.24. The predicted octanol–water partition coefficient (Wildman–Crippen LogP) is 3.59. The number of nitrogens with one attached hydrogen (secondary N) is 1. The largest absolute Gasteiger partial charge is 0.343 e. The van der Waals surface area contributed by atoms with Crippen LogP contribution in [0.25, 0.3) is 0 Å². The maximum absolute atomic E-state index is 15.1. The molecule has 1 N–H and O–H groups in total. The van der Waals surface area contributed by atoms with Crippen molar-refractivity contribution < 1.29 is 17.2 Å². The summed E-state index contributed by atoms with van der Waals surface area (Å²) in [6.45, 7) is 3.14. The lowest BCUT2D eigenvalue weighted by Crippen LogP contribution is -2.44. The molecule has 7 nitrogen and oxygen atoms in total. The van der Waals surface area contributed by atoms with Gasteiger partial charge in [0.15, 0.2) is 0 Å². The zero-order chi connectivity index (χ0) is 23.9. The summed E-state index contributed by atoms with van der Waals surface area (Å²) in [6.07, 6.45) is 1.09. The first-order chi connectivity index (χ1) is 15.6. The van der Waals surface area contributed by atoms with Crippen LogP contribution in [0.15, 0.2) is 47.3 Å². The number of aromatic amines is 1. The molecule has 176 valence electrons. The topological polar surface area (TPSA) is 88.1 Å². The van der Waals surface area contributed by atoms with Crippen molar-refractivity contribution in [2.24, 2.45) is 7.05 Å². The SMILES string of the molecule is CC(c1cc(F)c(CN2[C@@H](C)CC[C@H](c3ccccc3)S2(=O)=O)cc1F)c1n[nH]c(=O)n1C. The maximum Gasteiger partial charge on any atom is 0.343 e. The molecule has 0 saturated carbocycles. The Labute approximate surface area is 191 Å². The van der Waals surface area contributed by atoms with Gasteiger partial charge in [0.2, 0.25) is 10.0 Å². The van der Waals surface area contributed by atoms with Crippen LogP contribution in [0.3, 0.4) is 0 Å². The summed E-state index contributed by atoms with van der Waals surface area (Å²) >= 11 is 0. The molecule has 1 aliphatic rings. The maximum atomic E-state index is 15.1. The molecular formula is C23H26F2N4O3S. The van der Waals surface area contributed by atoms with Crippen LogP contribution in [-0.2, 0) is 23.6 Å². The fourth-order valence-electron chi connectivity index (χ4n) is 4.46. The zero-order valence-electron chi connectivity index (χ0n) is 18.6. The van der Waals surface area contributed by atoms with Crippen LogP contribution in [0.5, 0.6) is 0 Å². The Morgan fingerprint density at radius 3 is 2.48 bits per heavy atom. The van der Waals surface area contributed by atoms with Crippen LogP contribution in [0.2, 0.25) is 0 Å². The molecule has 3 atom stereocenters. The molecule has 0 spiro atoms. The Bertz CT molecular complexity index is 1320. The van der Waals surface area contributed by atoms with Crippen molar-refractivity contribution in [3.63, 3.8) is 0 Å². The van der Waals surface area contributed by atoms with E-state index < -0.39 is 38.5 Å². The van der Waals surface area contributed by atoms with Gasteiger partial charge in [-0.25, -0.2) is 27.1 Å². The molecule has 0 amide bonds. The van der Waals surface area contributed by atoms with Gasteiger partial charge in [-0.05, 0) is 37.5 Å². The lowest BCUT2D eigenvalue weighted by Gasteiger charge is -2.37. The Morgan fingerprint density at radius 2 is 1.85 bits per heavy atom. The Hall–Kier alpha value is -2.85. The summed E-state index contributed by atoms with van der Waals surface area (Å²) in [4.78, 5) is 11.6. The highest BCUT2D eigenvalue weighted by Gasteiger charge is 2.40. The molecule has 1 saturated heterocycles. The summed E-state index contributed by atoms with van der Waals surface area (Å²) in [6, 6.07) is 10.7. The summed E-state index contributed by atoms with van der Waals surface area (Å²) in [5.74, 6) is -1.80. The van der Waals surface area contributed by atoms with E-state index in [1.807, 2.05) is 6.07 Å². The van der Waals surface area contributed by atoms with Crippen LogP contribution < -0.4 is 5.69 Å². The number of halogens is 2. The van der Waals surface area contributed by atoms with Crippen molar-refractivity contribution in [1.82, 2.24) is 19.1 Å². The van der Waals surface area contributed by atoms with E-state index in [2.05, 4.69) is 10.2 Å². The van der Waals surface area contributed by atoms with Crippen molar-refractivity contribution in [2.45, 2.75) is 50.4 Å². The van der Waals surface area contributed by atoms with Gasteiger partial charge in [-0.15, -0.1) is 0 Å². The van der Waals surface area contributed by atoms with Crippen LogP contribution in [0.1, 0.15) is 60.4 Å². The molecule has 0 aliphatic carbocycles. The van der Waals surface area contributed by atoms with Crippen LogP contribution in [0.4, 0.5) is 8.78 Å². The Morgan fingerprint density at radius 1 is 1.15 bits per heavy atom. The fourth-order valence-corrected chi connectivity index (χ4v) is 6.65. The van der Waals surface area contributed by atoms with Gasteiger partial charge < -0.3 is 0 Å². The number of nitrogens with zero attached hydrogens (tertiary/aromatic N) is 3. The zero-order valence-corrected chi connectivity index (χ0v) is 19.4. The van der Waals surface area contributed by atoms with Gasteiger partial charge in [0, 0.05) is 36.7 Å². The van der Waals surface area contributed by atoms with E-state index >= 15 is 8.78 Å². The predicted molar refractivity (Wildman–Crippen MR) is 120 cm³/mol. The molecule has 33 heavy (non-hydrogen) atoms. The molecule has 10 heteroatoms. The van der Waals surface area contributed by atoms with Crippen molar-refractivity contribution in [1.29, 1.82) is 0 Å². The Balaban J connectivity index is 1.65. The molecule has 1 aromatic heterocycles. The average Bonchev–Trinajstić information content (AvgIpc) is 3.11. The minimum Gasteiger partial charge on any atom is -0.282 e. The van der Waals surface area contributed by atoms with E-state index in [1.54, 1.807) is 38.1 Å². The summed E-state index contributed by atoms with van der Waals surface area (Å²) < 4.78 is 59.4. The lowest BCUT2D eigenvalue weighted by molar-refractivity contribution is 0.278. The first-order valence-corrected chi connectivity index (χ1v) is 12.3. The van der Waals surface area contributed by atoms with E-state index in [0.29, 0.717) is 18.4 Å². The van der Waals surface area contributed by atoms with Crippen LogP contribution >= 0.6 is 0 Å². The third-order valence-electron chi connectivity index (χ3n) is 6.46. The van der Waals surface area contributed by atoms with Gasteiger partial charge in [0.05, 0.1) is 0 Å². The second kappa shape index (κ2) is 8.83. The molecule has 0 radical (unpaired) electrons. The highest BCUT2D eigenvalue weighted by molar-refractivity contribution is 7.89. The molecule has 2 heterocycles. The number of sulfonamides is 1. The molecule has 3 aromatic rings. The lowest BCUT2D eigenvalue weighted by atomic mass is 9.97. The first kappa shape index (κ1) is 23.3. The van der Waals surface area contributed by atoms with Gasteiger partial charge >= 0.3 is 5.69 Å². The molecule has 0 bridgehead atoms. The molecule has 2 aromatic carbocycles. The van der Waals surface area contributed by atoms with Gasteiger partial charge in [-0.3, -0.25) is 4.57 Å². The van der Waals surface area contributed by atoms with E-state index in [0.717, 1.165) is 12.1 Å². The molecule has 1 aliphatic heterocycles. The number of hydrogen-bond acceptors (Lipinski definition) is 4. The number of hydrogen-bond donors (Lipinski definition) is 1. The summed E-state index contributed by atoms with van der Waals surface area (Å²) in [5, 5.41) is 5.46. The molecule has 4 rings (SSSR count). The van der Waals surface area contributed by atoms with Crippen molar-refractivity contribution in [3.8, 4) is 0 Å². The van der Waals surface area contributed by atoms with Crippen molar-refractivity contribution in [3.05, 3.63) is 87.1 Å². The highest BCUT2D eigenvalue weighted by Crippen LogP contribution is 2.38. The number of benzene rings is 2. The third-order valence-corrected chi connectivity index (χ3v) is 8.83. The van der Waals surface area contributed by atoms with E-state index in [1.165, 1.54) is 15.9 Å². The van der Waals surface area contributed by atoms with Crippen LogP contribution in [0, 0.1) is 11.6 Å². The van der Waals surface area contributed by atoms with Gasteiger partial charge in [0.25, 0.3) is 0 Å². The standard InChI is InChI=1S/C23H26F2N4O3S/c1-14-9-10-21(16-7-5-4-6-8-16)33(31,32)29(14)13-17-11-20(25)18(12-19(17)24)15(2)22-26-27-23(30)28(22)3/h4-8,11-12,14-15,21H,9-10,13H2,1-3H3,(H,27,30)/t14-,15?,21+/m0/s1. The van der Waals surface area contributed by atoms with Crippen molar-refractivity contribution in [2.75, 3.05) is 0 Å². The number of rotatable bonds is 5. The van der Waals surface area contributed by atoms with E-state index in [-0.39, 0.29) is 29.5 Å². The minimum atomic E-state index is -3.77. The number of aromatic nitrogens is 3. The van der Waals surface area contributed by atoms with Crippen molar-refractivity contribution >= 4 is 10.0 Å². The highest BCUT2D eigenvalue weighted by atomic mass is 32.2. The second-order valence-electron chi connectivity index (χ2n) is 8.55. The average molecular weight is 477 g/mol.